The molecule has 2 aromatic carbocycles. The molecular weight excluding hydrogens is 372 g/mol. The SMILES string of the molecule is COc1cc(/C=C2/C(=O)N(C)c3ccccc32)ccc1OCc1csc(C)n1. The molecule has 0 fully saturated rings. The lowest BCUT2D eigenvalue weighted by Crippen LogP contribution is -2.20. The largest absolute Gasteiger partial charge is 0.493 e. The van der Waals surface area contributed by atoms with E-state index in [0.29, 0.717) is 23.7 Å². The van der Waals surface area contributed by atoms with Crippen molar-refractivity contribution in [3.63, 3.8) is 0 Å². The summed E-state index contributed by atoms with van der Waals surface area (Å²) in [5, 5.41) is 3.00. The van der Waals surface area contributed by atoms with Crippen molar-refractivity contribution in [2.24, 2.45) is 0 Å². The number of hydrogen-bond donors (Lipinski definition) is 0. The Balaban J connectivity index is 1.61. The number of para-hydroxylation sites is 1. The van der Waals surface area contributed by atoms with E-state index in [4.69, 9.17) is 9.47 Å². The van der Waals surface area contributed by atoms with E-state index in [9.17, 15) is 4.79 Å². The molecule has 0 aliphatic carbocycles. The lowest BCUT2D eigenvalue weighted by Gasteiger charge is -2.11. The van der Waals surface area contributed by atoms with E-state index in [1.165, 1.54) is 0 Å². The summed E-state index contributed by atoms with van der Waals surface area (Å²) in [6.07, 6.45) is 1.89. The second-order valence-corrected chi connectivity index (χ2v) is 7.56. The fraction of sp³-hybridized carbons (Fsp3) is 0.182. The predicted molar refractivity (Wildman–Crippen MR) is 112 cm³/mol. The van der Waals surface area contributed by atoms with Crippen LogP contribution in [0.5, 0.6) is 11.5 Å². The number of anilines is 1. The summed E-state index contributed by atoms with van der Waals surface area (Å²) in [4.78, 5) is 18.7. The third-order valence-electron chi connectivity index (χ3n) is 4.63. The van der Waals surface area contributed by atoms with Gasteiger partial charge in [0.05, 0.1) is 23.5 Å². The third kappa shape index (κ3) is 3.39. The van der Waals surface area contributed by atoms with E-state index in [2.05, 4.69) is 4.98 Å². The number of nitrogens with zero attached hydrogens (tertiary/aromatic N) is 2. The van der Waals surface area contributed by atoms with Crippen LogP contribution in [-0.4, -0.2) is 25.0 Å². The molecule has 0 radical (unpaired) electrons. The maximum Gasteiger partial charge on any atom is 0.258 e. The Hall–Kier alpha value is -3.12. The molecule has 1 aliphatic rings. The van der Waals surface area contributed by atoms with Crippen LogP contribution in [0.25, 0.3) is 11.6 Å². The second kappa shape index (κ2) is 7.48. The van der Waals surface area contributed by atoms with E-state index in [-0.39, 0.29) is 5.91 Å². The summed E-state index contributed by atoms with van der Waals surface area (Å²) in [6, 6.07) is 13.5. The molecular formula is C22H20N2O3S. The maximum absolute atomic E-state index is 12.6. The zero-order valence-electron chi connectivity index (χ0n) is 15.9. The molecule has 0 bridgehead atoms. The number of likely N-dealkylation sites (N-methyl/N-ethyl adjacent to an activating group) is 1. The number of aryl methyl sites for hydroxylation is 1. The smallest absolute Gasteiger partial charge is 0.258 e. The number of methoxy groups -OCH3 is 1. The van der Waals surface area contributed by atoms with Gasteiger partial charge in [-0.3, -0.25) is 4.79 Å². The molecule has 0 atom stereocenters. The van der Waals surface area contributed by atoms with Gasteiger partial charge in [-0.2, -0.15) is 0 Å². The third-order valence-corrected chi connectivity index (χ3v) is 5.45. The number of thiazole rings is 1. The van der Waals surface area contributed by atoms with Crippen LogP contribution in [0.2, 0.25) is 0 Å². The Bertz CT molecular complexity index is 1070. The summed E-state index contributed by atoms with van der Waals surface area (Å²) < 4.78 is 11.4. The first kappa shape index (κ1) is 18.3. The van der Waals surface area contributed by atoms with Crippen LogP contribution in [-0.2, 0) is 11.4 Å². The van der Waals surface area contributed by atoms with Gasteiger partial charge in [0.1, 0.15) is 6.61 Å². The van der Waals surface area contributed by atoms with Crippen LogP contribution >= 0.6 is 11.3 Å². The average molecular weight is 392 g/mol. The van der Waals surface area contributed by atoms with E-state index >= 15 is 0 Å². The predicted octanol–water partition coefficient (Wildman–Crippen LogP) is 4.56. The topological polar surface area (TPSA) is 51.7 Å². The highest BCUT2D eigenvalue weighted by molar-refractivity contribution is 7.09. The summed E-state index contributed by atoms with van der Waals surface area (Å²) in [5.74, 6) is 1.25. The van der Waals surface area contributed by atoms with Crippen molar-refractivity contribution in [3.8, 4) is 11.5 Å². The average Bonchev–Trinajstić information content (AvgIpc) is 3.23. The first-order valence-corrected chi connectivity index (χ1v) is 9.76. The Morgan fingerprint density at radius 2 is 2.00 bits per heavy atom. The van der Waals surface area contributed by atoms with Crippen LogP contribution < -0.4 is 14.4 Å². The molecule has 1 amide bonds. The molecule has 5 nitrogen and oxygen atoms in total. The van der Waals surface area contributed by atoms with Gasteiger partial charge in [-0.05, 0) is 36.8 Å². The van der Waals surface area contributed by atoms with Gasteiger partial charge in [0.2, 0.25) is 0 Å². The van der Waals surface area contributed by atoms with Crippen LogP contribution in [0.3, 0.4) is 0 Å². The molecule has 28 heavy (non-hydrogen) atoms. The zero-order valence-corrected chi connectivity index (χ0v) is 16.7. The fourth-order valence-corrected chi connectivity index (χ4v) is 3.82. The minimum atomic E-state index is -0.0144. The van der Waals surface area contributed by atoms with Gasteiger partial charge in [0, 0.05) is 23.6 Å². The number of carbonyl (C=O) groups is 1. The van der Waals surface area contributed by atoms with Gasteiger partial charge in [-0.1, -0.05) is 24.3 Å². The number of rotatable bonds is 5. The molecule has 0 saturated heterocycles. The van der Waals surface area contributed by atoms with E-state index < -0.39 is 0 Å². The standard InChI is InChI=1S/C22H20N2O3S/c1-14-23-16(13-28-14)12-27-20-9-8-15(11-21(20)26-3)10-18-17-6-4-5-7-19(17)24(2)22(18)25/h4-11,13H,12H2,1-3H3/b18-10+. The highest BCUT2D eigenvalue weighted by Gasteiger charge is 2.29. The summed E-state index contributed by atoms with van der Waals surface area (Å²) in [6.45, 7) is 2.36. The molecule has 6 heteroatoms. The van der Waals surface area contributed by atoms with Gasteiger partial charge >= 0.3 is 0 Å². The Kier molecular flexibility index (Phi) is 4.88. The van der Waals surface area contributed by atoms with E-state index in [1.807, 2.05) is 60.8 Å². The van der Waals surface area contributed by atoms with E-state index in [0.717, 1.165) is 27.5 Å². The van der Waals surface area contributed by atoms with Gasteiger partial charge in [0.15, 0.2) is 11.5 Å². The molecule has 2 heterocycles. The number of ether oxygens (including phenoxy) is 2. The molecule has 0 spiro atoms. The lowest BCUT2D eigenvalue weighted by molar-refractivity contribution is -0.112. The molecule has 142 valence electrons. The highest BCUT2D eigenvalue weighted by Crippen LogP contribution is 2.37. The molecule has 1 aromatic heterocycles. The van der Waals surface area contributed by atoms with Crippen molar-refractivity contribution >= 4 is 34.6 Å². The maximum atomic E-state index is 12.6. The quantitative estimate of drug-likeness (QED) is 0.598. The summed E-state index contributed by atoms with van der Waals surface area (Å²) >= 11 is 1.60. The first-order chi connectivity index (χ1) is 13.6. The Morgan fingerprint density at radius 3 is 2.75 bits per heavy atom. The second-order valence-electron chi connectivity index (χ2n) is 6.50. The summed E-state index contributed by atoms with van der Waals surface area (Å²) in [5.41, 5.74) is 4.30. The molecule has 0 unspecified atom stereocenters. The number of fused-ring (bicyclic) bond motifs is 1. The molecule has 0 saturated carbocycles. The minimum absolute atomic E-state index is 0.0144. The number of benzene rings is 2. The van der Waals surface area contributed by atoms with Crippen molar-refractivity contribution in [2.75, 3.05) is 19.1 Å². The summed E-state index contributed by atoms with van der Waals surface area (Å²) in [7, 11) is 3.40. The number of amides is 1. The number of carbonyl (C=O) groups excluding carboxylic acids is 1. The van der Waals surface area contributed by atoms with Gasteiger partial charge in [-0.15, -0.1) is 11.3 Å². The van der Waals surface area contributed by atoms with Crippen molar-refractivity contribution in [1.82, 2.24) is 4.98 Å². The fourth-order valence-electron chi connectivity index (χ4n) is 3.22. The van der Waals surface area contributed by atoms with E-state index in [1.54, 1.807) is 30.4 Å². The molecule has 3 aromatic rings. The zero-order chi connectivity index (χ0) is 19.7. The molecule has 0 N–H and O–H groups in total. The molecule has 1 aliphatic heterocycles. The first-order valence-electron chi connectivity index (χ1n) is 8.88. The normalized spacial score (nSPS) is 14.5. The number of hydrogen-bond acceptors (Lipinski definition) is 5. The van der Waals surface area contributed by atoms with Crippen molar-refractivity contribution < 1.29 is 14.3 Å². The van der Waals surface area contributed by atoms with Crippen molar-refractivity contribution in [1.29, 1.82) is 0 Å². The number of aromatic nitrogens is 1. The van der Waals surface area contributed by atoms with Crippen molar-refractivity contribution in [3.05, 3.63) is 69.7 Å². The van der Waals surface area contributed by atoms with Crippen LogP contribution in [0.1, 0.15) is 21.8 Å². The molecule has 4 rings (SSSR count). The van der Waals surface area contributed by atoms with Crippen LogP contribution in [0.15, 0.2) is 47.8 Å². The minimum Gasteiger partial charge on any atom is -0.493 e. The Morgan fingerprint density at radius 1 is 1.18 bits per heavy atom. The highest BCUT2D eigenvalue weighted by atomic mass is 32.1. The van der Waals surface area contributed by atoms with Gasteiger partial charge in [-0.25, -0.2) is 4.98 Å². The monoisotopic (exact) mass is 392 g/mol. The van der Waals surface area contributed by atoms with Gasteiger partial charge in [0.25, 0.3) is 5.91 Å². The lowest BCUT2D eigenvalue weighted by atomic mass is 10.0. The van der Waals surface area contributed by atoms with Crippen LogP contribution in [0, 0.1) is 6.92 Å². The Labute approximate surface area is 167 Å². The van der Waals surface area contributed by atoms with Gasteiger partial charge < -0.3 is 14.4 Å². The van der Waals surface area contributed by atoms with Crippen molar-refractivity contribution in [2.45, 2.75) is 13.5 Å². The van der Waals surface area contributed by atoms with Crippen LogP contribution in [0.4, 0.5) is 5.69 Å².